The zero-order chi connectivity index (χ0) is 32.0. The summed E-state index contributed by atoms with van der Waals surface area (Å²) in [5.74, 6) is -1.50. The van der Waals surface area contributed by atoms with Gasteiger partial charge in [-0.3, -0.25) is 4.79 Å². The number of hydrogen-bond donors (Lipinski definition) is 10. The van der Waals surface area contributed by atoms with Gasteiger partial charge in [0.1, 0.15) is 77.6 Å². The van der Waals surface area contributed by atoms with Crippen LogP contribution in [0.3, 0.4) is 0 Å². The van der Waals surface area contributed by atoms with E-state index in [1.807, 2.05) is 0 Å². The van der Waals surface area contributed by atoms with Crippen molar-refractivity contribution >= 4 is 11.0 Å². The topological polar surface area (TPSA) is 269 Å². The number of fused-ring (bicyclic) bond motifs is 1. The number of rotatable bonds is 7. The molecule has 16 nitrogen and oxygen atoms in total. The summed E-state index contributed by atoms with van der Waals surface area (Å²) < 4.78 is 28.1. The lowest BCUT2D eigenvalue weighted by molar-refractivity contribution is -0.278. The van der Waals surface area contributed by atoms with Crippen molar-refractivity contribution in [1.82, 2.24) is 0 Å². The molecule has 0 aliphatic carbocycles. The van der Waals surface area contributed by atoms with Crippen LogP contribution >= 0.6 is 0 Å². The standard InChI is InChI=1S/C28H32O16/c1-40-14-4-9(2-3-10(14)31)13-5-11(32)18-12(33)6-15(43-28-25(39)23(37)21(35)17(8-30)44-28)19(26(18)41-13)27-24(38)22(36)20(34)16(7-29)42-27/h2-6,16-17,20-25,27-31,33-39H,7-8H2,1H3/t16-,17-,20-,21-,22+,23+,24-,25-,27+,28-/m1/s1. The van der Waals surface area contributed by atoms with Crippen molar-refractivity contribution in [2.24, 2.45) is 0 Å². The van der Waals surface area contributed by atoms with Crippen LogP contribution in [0, 0.1) is 0 Å². The Hall–Kier alpha value is -3.55. The minimum absolute atomic E-state index is 0.0296. The molecule has 1 aromatic heterocycles. The number of methoxy groups -OCH3 is 1. The van der Waals surface area contributed by atoms with E-state index >= 15 is 0 Å². The van der Waals surface area contributed by atoms with Crippen LogP contribution in [-0.2, 0) is 9.47 Å². The fourth-order valence-electron chi connectivity index (χ4n) is 5.28. The van der Waals surface area contributed by atoms with Gasteiger partial charge >= 0.3 is 0 Å². The molecule has 0 amide bonds. The summed E-state index contributed by atoms with van der Waals surface area (Å²) in [5.41, 5.74) is -1.38. The SMILES string of the molecule is COc1cc(-c2cc(=O)c3c(O)cc(O[C@@H]4O[C@H](CO)[C@@H](O)[C@H](O)[C@H]4O)c([C@@H]4O[C@H](CO)[C@@H](O)[C@H](O)[C@H]4O)c3o2)ccc1O. The zero-order valence-electron chi connectivity index (χ0n) is 23.0. The van der Waals surface area contributed by atoms with Gasteiger partial charge in [0.15, 0.2) is 22.5 Å². The monoisotopic (exact) mass is 624 g/mol. The summed E-state index contributed by atoms with van der Waals surface area (Å²) >= 11 is 0. The minimum atomic E-state index is -1.94. The summed E-state index contributed by atoms with van der Waals surface area (Å²) in [4.78, 5) is 13.4. The first-order valence-electron chi connectivity index (χ1n) is 13.4. The second-order valence-corrected chi connectivity index (χ2v) is 10.4. The maximum atomic E-state index is 13.4. The number of phenols is 2. The Labute approximate surface area is 247 Å². The Kier molecular flexibility index (Phi) is 9.01. The highest BCUT2D eigenvalue weighted by molar-refractivity contribution is 5.90. The molecule has 3 heterocycles. The van der Waals surface area contributed by atoms with Crippen LogP contribution in [0.1, 0.15) is 11.7 Å². The first-order chi connectivity index (χ1) is 20.9. The molecule has 2 aliphatic heterocycles. The number of ether oxygens (including phenoxy) is 4. The van der Waals surface area contributed by atoms with E-state index in [0.29, 0.717) is 0 Å². The molecule has 240 valence electrons. The number of benzene rings is 2. The second kappa shape index (κ2) is 12.4. The molecule has 0 spiro atoms. The average molecular weight is 625 g/mol. The van der Waals surface area contributed by atoms with Crippen molar-refractivity contribution < 1.29 is 74.4 Å². The molecule has 0 unspecified atom stereocenters. The Morgan fingerprint density at radius 2 is 1.39 bits per heavy atom. The molecule has 0 bridgehead atoms. The van der Waals surface area contributed by atoms with Gasteiger partial charge in [0, 0.05) is 17.7 Å². The molecule has 2 aliphatic rings. The molecule has 3 aromatic rings. The first-order valence-corrected chi connectivity index (χ1v) is 13.4. The zero-order valence-corrected chi connectivity index (χ0v) is 23.0. The molecule has 2 saturated heterocycles. The van der Waals surface area contributed by atoms with Gasteiger partial charge in [-0.2, -0.15) is 0 Å². The average Bonchev–Trinajstić information content (AvgIpc) is 3.00. The van der Waals surface area contributed by atoms with Crippen molar-refractivity contribution in [3.8, 4) is 34.3 Å². The maximum Gasteiger partial charge on any atom is 0.229 e. The lowest BCUT2D eigenvalue weighted by atomic mass is 9.89. The van der Waals surface area contributed by atoms with E-state index in [1.54, 1.807) is 0 Å². The predicted molar refractivity (Wildman–Crippen MR) is 145 cm³/mol. The lowest BCUT2D eigenvalue weighted by Gasteiger charge is -2.42. The Bertz CT molecular complexity index is 1550. The van der Waals surface area contributed by atoms with Crippen molar-refractivity contribution in [1.29, 1.82) is 0 Å². The largest absolute Gasteiger partial charge is 0.507 e. The fraction of sp³-hybridized carbons (Fsp3) is 0.464. The molecule has 44 heavy (non-hydrogen) atoms. The molecule has 10 N–H and O–H groups in total. The summed E-state index contributed by atoms with van der Waals surface area (Å²) in [6.45, 7) is -1.61. The number of aliphatic hydroxyl groups is 8. The summed E-state index contributed by atoms with van der Waals surface area (Å²) in [6, 6.07) is 5.93. The van der Waals surface area contributed by atoms with E-state index in [4.69, 9.17) is 23.4 Å². The van der Waals surface area contributed by atoms with Crippen LogP contribution in [0.2, 0.25) is 0 Å². The second-order valence-electron chi connectivity index (χ2n) is 10.4. The number of aromatic hydroxyl groups is 2. The Morgan fingerprint density at radius 3 is 2.02 bits per heavy atom. The molecule has 16 heteroatoms. The summed E-state index contributed by atoms with van der Waals surface area (Å²) in [6.07, 6.45) is -17.5. The molecule has 2 fully saturated rings. The summed E-state index contributed by atoms with van der Waals surface area (Å²) in [7, 11) is 1.30. The van der Waals surface area contributed by atoms with E-state index in [0.717, 1.165) is 12.1 Å². The minimum Gasteiger partial charge on any atom is -0.507 e. The molecule has 0 saturated carbocycles. The smallest absolute Gasteiger partial charge is 0.229 e. The maximum absolute atomic E-state index is 13.4. The highest BCUT2D eigenvalue weighted by atomic mass is 16.7. The molecule has 0 radical (unpaired) electrons. The molecule has 10 atom stereocenters. The third-order valence-electron chi connectivity index (χ3n) is 7.71. The van der Waals surface area contributed by atoms with Gasteiger partial charge < -0.3 is 74.4 Å². The third-order valence-corrected chi connectivity index (χ3v) is 7.71. The number of phenolic OH excluding ortho intramolecular Hbond substituents is 2. The van der Waals surface area contributed by atoms with Crippen molar-refractivity contribution in [3.05, 3.63) is 46.1 Å². The molecular weight excluding hydrogens is 592 g/mol. The van der Waals surface area contributed by atoms with Crippen LogP contribution < -0.4 is 14.9 Å². The van der Waals surface area contributed by atoms with Gasteiger partial charge in [-0.05, 0) is 18.2 Å². The molecular formula is C28H32O16. The molecule has 2 aromatic carbocycles. The number of aliphatic hydroxyl groups excluding tert-OH is 8. The van der Waals surface area contributed by atoms with E-state index in [9.17, 15) is 55.9 Å². The van der Waals surface area contributed by atoms with Crippen molar-refractivity contribution in [2.75, 3.05) is 20.3 Å². The van der Waals surface area contributed by atoms with Crippen LogP contribution in [0.5, 0.6) is 23.0 Å². The third kappa shape index (κ3) is 5.45. The highest BCUT2D eigenvalue weighted by Gasteiger charge is 2.48. The van der Waals surface area contributed by atoms with Crippen LogP contribution in [0.25, 0.3) is 22.3 Å². The van der Waals surface area contributed by atoms with Crippen LogP contribution in [0.4, 0.5) is 0 Å². The van der Waals surface area contributed by atoms with Gasteiger partial charge in [-0.15, -0.1) is 0 Å². The van der Waals surface area contributed by atoms with E-state index in [1.165, 1.54) is 25.3 Å². The van der Waals surface area contributed by atoms with E-state index in [-0.39, 0.29) is 28.4 Å². The van der Waals surface area contributed by atoms with Gasteiger partial charge in [-0.25, -0.2) is 0 Å². The van der Waals surface area contributed by atoms with Gasteiger partial charge in [0.05, 0.1) is 25.9 Å². The fourth-order valence-corrected chi connectivity index (χ4v) is 5.28. The van der Waals surface area contributed by atoms with E-state index in [2.05, 4.69) is 0 Å². The molecule has 5 rings (SSSR count). The quantitative estimate of drug-likeness (QED) is 0.131. The lowest BCUT2D eigenvalue weighted by Crippen LogP contribution is -2.60. The first kappa shape index (κ1) is 31.9. The van der Waals surface area contributed by atoms with Crippen LogP contribution in [0.15, 0.2) is 39.5 Å². The van der Waals surface area contributed by atoms with Gasteiger partial charge in [0.25, 0.3) is 0 Å². The van der Waals surface area contributed by atoms with Crippen molar-refractivity contribution in [3.63, 3.8) is 0 Å². The van der Waals surface area contributed by atoms with E-state index < -0.39 is 102 Å². The van der Waals surface area contributed by atoms with Crippen LogP contribution in [-0.4, -0.2) is 127 Å². The Balaban J connectivity index is 1.74. The van der Waals surface area contributed by atoms with Crippen molar-refractivity contribution in [2.45, 2.75) is 61.2 Å². The Morgan fingerprint density at radius 1 is 0.750 bits per heavy atom. The normalized spacial score (nSPS) is 32.5. The highest BCUT2D eigenvalue weighted by Crippen LogP contribution is 2.45. The summed E-state index contributed by atoms with van der Waals surface area (Å²) in [5, 5.41) is 103. The van der Waals surface area contributed by atoms with Gasteiger partial charge in [-0.1, -0.05) is 0 Å². The van der Waals surface area contributed by atoms with Gasteiger partial charge in [0.2, 0.25) is 6.29 Å². The predicted octanol–water partition coefficient (Wildman–Crippen LogP) is -2.43. The number of hydrogen-bond acceptors (Lipinski definition) is 16.